The van der Waals surface area contributed by atoms with E-state index in [9.17, 15) is 10.2 Å². The van der Waals surface area contributed by atoms with Gasteiger partial charge >= 0.3 is 0 Å². The van der Waals surface area contributed by atoms with Crippen molar-refractivity contribution in [2.75, 3.05) is 13.2 Å². The molecule has 4 heteroatoms. The SMILES string of the molecule is CC(C)(COCc1ccccc1)[C@H](O)CC(O)CO. The number of benzene rings is 1. The summed E-state index contributed by atoms with van der Waals surface area (Å²) in [5, 5.41) is 28.2. The zero-order valence-corrected chi connectivity index (χ0v) is 11.6. The summed E-state index contributed by atoms with van der Waals surface area (Å²) in [5.41, 5.74) is 0.619. The molecule has 0 fully saturated rings. The van der Waals surface area contributed by atoms with E-state index in [0.717, 1.165) is 5.56 Å². The van der Waals surface area contributed by atoms with Crippen molar-refractivity contribution in [1.82, 2.24) is 0 Å². The summed E-state index contributed by atoms with van der Waals surface area (Å²) in [6.45, 7) is 4.32. The maximum Gasteiger partial charge on any atom is 0.0795 e. The molecule has 0 heterocycles. The second-order valence-electron chi connectivity index (χ2n) is 5.55. The fraction of sp³-hybridized carbons (Fsp3) is 0.600. The molecule has 0 amide bonds. The molecule has 0 spiro atoms. The Balaban J connectivity index is 2.37. The smallest absolute Gasteiger partial charge is 0.0795 e. The first-order valence-corrected chi connectivity index (χ1v) is 6.54. The highest BCUT2D eigenvalue weighted by Crippen LogP contribution is 2.25. The van der Waals surface area contributed by atoms with Crippen molar-refractivity contribution >= 4 is 0 Å². The van der Waals surface area contributed by atoms with Crippen LogP contribution in [0.4, 0.5) is 0 Å². The predicted octanol–water partition coefficient (Wildman–Crippen LogP) is 1.33. The van der Waals surface area contributed by atoms with Crippen LogP contribution < -0.4 is 0 Å². The van der Waals surface area contributed by atoms with E-state index >= 15 is 0 Å². The summed E-state index contributed by atoms with van der Waals surface area (Å²) >= 11 is 0. The van der Waals surface area contributed by atoms with Gasteiger partial charge in [0.25, 0.3) is 0 Å². The largest absolute Gasteiger partial charge is 0.394 e. The van der Waals surface area contributed by atoms with Gasteiger partial charge in [0, 0.05) is 11.8 Å². The molecule has 1 aromatic carbocycles. The molecule has 0 aliphatic rings. The minimum atomic E-state index is -0.886. The number of ether oxygens (including phenoxy) is 1. The van der Waals surface area contributed by atoms with Crippen LogP contribution in [-0.4, -0.2) is 40.7 Å². The fourth-order valence-corrected chi connectivity index (χ4v) is 1.75. The molecule has 1 unspecified atom stereocenters. The number of hydrogen-bond acceptors (Lipinski definition) is 4. The number of aliphatic hydroxyl groups excluding tert-OH is 3. The van der Waals surface area contributed by atoms with E-state index in [2.05, 4.69) is 0 Å². The van der Waals surface area contributed by atoms with E-state index in [4.69, 9.17) is 9.84 Å². The molecule has 0 aliphatic carbocycles. The number of rotatable bonds is 8. The van der Waals surface area contributed by atoms with Gasteiger partial charge in [-0.3, -0.25) is 0 Å². The Labute approximate surface area is 114 Å². The van der Waals surface area contributed by atoms with Crippen molar-refractivity contribution in [3.63, 3.8) is 0 Å². The van der Waals surface area contributed by atoms with Crippen molar-refractivity contribution in [2.24, 2.45) is 5.41 Å². The van der Waals surface area contributed by atoms with Crippen LogP contribution in [0.1, 0.15) is 25.8 Å². The maximum atomic E-state index is 10.0. The second kappa shape index (κ2) is 7.60. The third-order valence-electron chi connectivity index (χ3n) is 3.19. The summed E-state index contributed by atoms with van der Waals surface area (Å²) in [4.78, 5) is 0. The lowest BCUT2D eigenvalue weighted by atomic mass is 9.84. The van der Waals surface area contributed by atoms with Gasteiger partial charge in [-0.2, -0.15) is 0 Å². The van der Waals surface area contributed by atoms with Gasteiger partial charge in [0.05, 0.1) is 32.0 Å². The van der Waals surface area contributed by atoms with Crippen LogP contribution in [0, 0.1) is 5.41 Å². The molecule has 0 aliphatic heterocycles. The fourth-order valence-electron chi connectivity index (χ4n) is 1.75. The highest BCUT2D eigenvalue weighted by molar-refractivity contribution is 5.13. The molecule has 19 heavy (non-hydrogen) atoms. The van der Waals surface area contributed by atoms with Gasteiger partial charge < -0.3 is 20.1 Å². The average Bonchev–Trinajstić information content (AvgIpc) is 2.39. The molecule has 0 radical (unpaired) electrons. The van der Waals surface area contributed by atoms with E-state index in [1.165, 1.54) is 0 Å². The molecule has 108 valence electrons. The minimum absolute atomic E-state index is 0.151. The average molecular weight is 268 g/mol. The van der Waals surface area contributed by atoms with Gasteiger partial charge in [-0.15, -0.1) is 0 Å². The number of aliphatic hydroxyl groups is 3. The lowest BCUT2D eigenvalue weighted by molar-refractivity contribution is -0.0546. The topological polar surface area (TPSA) is 69.9 Å². The Morgan fingerprint density at radius 3 is 2.37 bits per heavy atom. The standard InChI is InChI=1S/C15H24O4/c1-15(2,14(18)8-13(17)9-16)11-19-10-12-6-4-3-5-7-12/h3-7,13-14,16-18H,8-11H2,1-2H3/t13?,14-/m1/s1. The quantitative estimate of drug-likeness (QED) is 0.665. The normalized spacial score (nSPS) is 15.2. The summed E-state index contributed by atoms with van der Waals surface area (Å²) < 4.78 is 5.62. The van der Waals surface area contributed by atoms with Crippen molar-refractivity contribution in [1.29, 1.82) is 0 Å². The van der Waals surface area contributed by atoms with Crippen LogP contribution in [0.5, 0.6) is 0 Å². The van der Waals surface area contributed by atoms with Crippen LogP contribution in [0.2, 0.25) is 0 Å². The Morgan fingerprint density at radius 2 is 1.79 bits per heavy atom. The first-order valence-electron chi connectivity index (χ1n) is 6.54. The highest BCUT2D eigenvalue weighted by Gasteiger charge is 2.29. The van der Waals surface area contributed by atoms with Gasteiger partial charge in [0.15, 0.2) is 0 Å². The van der Waals surface area contributed by atoms with Gasteiger partial charge in [-0.1, -0.05) is 44.2 Å². The summed E-state index contributed by atoms with van der Waals surface area (Å²) in [5.74, 6) is 0. The predicted molar refractivity (Wildman–Crippen MR) is 73.6 cm³/mol. The molecule has 1 aromatic rings. The zero-order valence-electron chi connectivity index (χ0n) is 11.6. The third-order valence-corrected chi connectivity index (χ3v) is 3.19. The van der Waals surface area contributed by atoms with E-state index in [1.807, 2.05) is 44.2 Å². The monoisotopic (exact) mass is 268 g/mol. The van der Waals surface area contributed by atoms with E-state index in [0.29, 0.717) is 13.2 Å². The van der Waals surface area contributed by atoms with Gasteiger partial charge in [0.2, 0.25) is 0 Å². The Kier molecular flexibility index (Phi) is 6.45. The molecular formula is C15H24O4. The lowest BCUT2D eigenvalue weighted by Crippen LogP contribution is -2.37. The molecule has 0 bridgehead atoms. The molecule has 3 N–H and O–H groups in total. The Bertz CT molecular complexity index is 350. The number of hydrogen-bond donors (Lipinski definition) is 3. The first kappa shape index (κ1) is 16.1. The summed E-state index contributed by atoms with van der Waals surface area (Å²) in [7, 11) is 0. The lowest BCUT2D eigenvalue weighted by Gasteiger charge is -2.31. The van der Waals surface area contributed by atoms with Crippen LogP contribution >= 0.6 is 0 Å². The third kappa shape index (κ3) is 5.70. The molecule has 1 rings (SSSR count). The van der Waals surface area contributed by atoms with Gasteiger partial charge in [-0.05, 0) is 5.56 Å². The second-order valence-corrected chi connectivity index (χ2v) is 5.55. The molecule has 0 saturated heterocycles. The Morgan fingerprint density at radius 1 is 1.16 bits per heavy atom. The van der Waals surface area contributed by atoms with Crippen LogP contribution in [-0.2, 0) is 11.3 Å². The summed E-state index contributed by atoms with van der Waals surface area (Å²) in [6.07, 6.45) is -1.45. The van der Waals surface area contributed by atoms with Crippen molar-refractivity contribution in [2.45, 2.75) is 39.1 Å². The highest BCUT2D eigenvalue weighted by atomic mass is 16.5. The van der Waals surface area contributed by atoms with E-state index in [1.54, 1.807) is 0 Å². The van der Waals surface area contributed by atoms with Crippen LogP contribution in [0.3, 0.4) is 0 Å². The van der Waals surface area contributed by atoms with E-state index in [-0.39, 0.29) is 13.0 Å². The zero-order chi connectivity index (χ0) is 14.3. The van der Waals surface area contributed by atoms with E-state index < -0.39 is 17.6 Å². The van der Waals surface area contributed by atoms with Crippen molar-refractivity contribution < 1.29 is 20.1 Å². The molecule has 0 aromatic heterocycles. The van der Waals surface area contributed by atoms with Crippen molar-refractivity contribution in [3.8, 4) is 0 Å². The summed E-state index contributed by atoms with van der Waals surface area (Å²) in [6, 6.07) is 9.83. The maximum absolute atomic E-state index is 10.0. The van der Waals surface area contributed by atoms with Gasteiger partial charge in [-0.25, -0.2) is 0 Å². The van der Waals surface area contributed by atoms with Gasteiger partial charge in [0.1, 0.15) is 0 Å². The van der Waals surface area contributed by atoms with Crippen LogP contribution in [0.25, 0.3) is 0 Å². The minimum Gasteiger partial charge on any atom is -0.394 e. The first-order chi connectivity index (χ1) is 8.95. The Hall–Kier alpha value is -0.940. The molecule has 4 nitrogen and oxygen atoms in total. The van der Waals surface area contributed by atoms with Crippen LogP contribution in [0.15, 0.2) is 30.3 Å². The molecule has 0 saturated carbocycles. The molecular weight excluding hydrogens is 244 g/mol. The molecule has 2 atom stereocenters. The van der Waals surface area contributed by atoms with Crippen molar-refractivity contribution in [3.05, 3.63) is 35.9 Å².